The molecule has 3 atom stereocenters. The maximum atomic E-state index is 12.9. The molecule has 2 bridgehead atoms. The lowest BCUT2D eigenvalue weighted by atomic mass is 9.80. The number of nitrogens with zero attached hydrogens (tertiary/aromatic N) is 1. The van der Waals surface area contributed by atoms with Crippen molar-refractivity contribution in [3.8, 4) is 0 Å². The number of amides is 1. The summed E-state index contributed by atoms with van der Waals surface area (Å²) < 4.78 is 0. The highest BCUT2D eigenvalue weighted by molar-refractivity contribution is 9.09. The number of halogens is 1. The zero-order chi connectivity index (χ0) is 12.9. The second kappa shape index (κ2) is 4.50. The lowest BCUT2D eigenvalue weighted by Crippen LogP contribution is -2.50. The van der Waals surface area contributed by atoms with Gasteiger partial charge in [0, 0.05) is 22.8 Å². The fourth-order valence-electron chi connectivity index (χ4n) is 4.43. The summed E-state index contributed by atoms with van der Waals surface area (Å²) in [6.07, 6.45) is 8.34. The first kappa shape index (κ1) is 13.0. The predicted octanol–water partition coefficient (Wildman–Crippen LogP) is 3.73. The van der Waals surface area contributed by atoms with Gasteiger partial charge in [0.05, 0.1) is 0 Å². The highest BCUT2D eigenvalue weighted by Crippen LogP contribution is 2.47. The van der Waals surface area contributed by atoms with Crippen LogP contribution in [0.3, 0.4) is 0 Å². The van der Waals surface area contributed by atoms with E-state index in [-0.39, 0.29) is 11.3 Å². The van der Waals surface area contributed by atoms with Crippen LogP contribution in [-0.2, 0) is 4.79 Å². The first-order valence-corrected chi connectivity index (χ1v) is 8.37. The topological polar surface area (TPSA) is 20.3 Å². The zero-order valence-corrected chi connectivity index (χ0v) is 13.1. The van der Waals surface area contributed by atoms with E-state index < -0.39 is 0 Å². The minimum Gasteiger partial charge on any atom is -0.336 e. The van der Waals surface area contributed by atoms with Gasteiger partial charge in [-0.2, -0.15) is 0 Å². The molecule has 1 amide bonds. The molecule has 3 aliphatic rings. The number of rotatable bonds is 1. The summed E-state index contributed by atoms with van der Waals surface area (Å²) in [7, 11) is 0. The van der Waals surface area contributed by atoms with E-state index in [1.807, 2.05) is 0 Å². The summed E-state index contributed by atoms with van der Waals surface area (Å²) in [6.45, 7) is 4.56. The lowest BCUT2D eigenvalue weighted by Gasteiger charge is -2.41. The molecule has 3 unspecified atom stereocenters. The van der Waals surface area contributed by atoms with Crippen LogP contribution in [0.15, 0.2) is 0 Å². The van der Waals surface area contributed by atoms with Gasteiger partial charge in [-0.25, -0.2) is 0 Å². The van der Waals surface area contributed by atoms with Crippen molar-refractivity contribution in [2.45, 2.75) is 75.7 Å². The van der Waals surface area contributed by atoms with Crippen molar-refractivity contribution < 1.29 is 4.79 Å². The average molecular weight is 314 g/mol. The second-order valence-electron chi connectivity index (χ2n) is 7.13. The Morgan fingerprint density at radius 3 is 2.28 bits per heavy atom. The quantitative estimate of drug-likeness (QED) is 0.675. The van der Waals surface area contributed by atoms with Gasteiger partial charge in [-0.1, -0.05) is 36.2 Å². The molecule has 0 radical (unpaired) electrons. The Bertz CT molecular complexity index is 340. The molecular weight excluding hydrogens is 290 g/mol. The van der Waals surface area contributed by atoms with E-state index >= 15 is 0 Å². The normalized spacial score (nSPS) is 42.3. The van der Waals surface area contributed by atoms with Crippen LogP contribution in [0.4, 0.5) is 0 Å². The van der Waals surface area contributed by atoms with Crippen LogP contribution in [0.5, 0.6) is 0 Å². The van der Waals surface area contributed by atoms with Crippen molar-refractivity contribution in [3.63, 3.8) is 0 Å². The molecule has 1 saturated carbocycles. The van der Waals surface area contributed by atoms with E-state index in [9.17, 15) is 4.79 Å². The monoisotopic (exact) mass is 313 g/mol. The van der Waals surface area contributed by atoms with E-state index in [1.165, 1.54) is 25.7 Å². The van der Waals surface area contributed by atoms with Crippen LogP contribution in [0.2, 0.25) is 0 Å². The Hall–Kier alpha value is -0.0500. The Morgan fingerprint density at radius 1 is 1.17 bits per heavy atom. The molecule has 0 N–H and O–H groups in total. The van der Waals surface area contributed by atoms with Gasteiger partial charge in [-0.3, -0.25) is 4.79 Å². The maximum absolute atomic E-state index is 12.9. The van der Waals surface area contributed by atoms with Crippen molar-refractivity contribution in [3.05, 3.63) is 0 Å². The SMILES string of the molecule is CC1(C)CCCC1C(=O)N1C2CCC1CC(Br)C2. The van der Waals surface area contributed by atoms with Gasteiger partial charge >= 0.3 is 0 Å². The molecule has 0 aromatic carbocycles. The molecule has 18 heavy (non-hydrogen) atoms. The highest BCUT2D eigenvalue weighted by atomic mass is 79.9. The second-order valence-corrected chi connectivity index (χ2v) is 8.43. The Morgan fingerprint density at radius 2 is 1.78 bits per heavy atom. The Labute approximate surface area is 119 Å². The Kier molecular flexibility index (Phi) is 3.24. The van der Waals surface area contributed by atoms with Crippen LogP contribution < -0.4 is 0 Å². The average Bonchev–Trinajstić information content (AvgIpc) is 2.76. The number of alkyl halides is 1. The summed E-state index contributed by atoms with van der Waals surface area (Å²) in [5.74, 6) is 0.761. The molecule has 2 nitrogen and oxygen atoms in total. The van der Waals surface area contributed by atoms with Crippen molar-refractivity contribution in [1.82, 2.24) is 4.90 Å². The number of fused-ring (bicyclic) bond motifs is 2. The van der Waals surface area contributed by atoms with Gasteiger partial charge in [0.15, 0.2) is 0 Å². The third-order valence-corrected chi connectivity index (χ3v) is 6.23. The molecule has 2 heterocycles. The van der Waals surface area contributed by atoms with Crippen LogP contribution in [0.1, 0.15) is 58.8 Å². The summed E-state index contributed by atoms with van der Waals surface area (Å²) in [4.78, 5) is 15.8. The lowest BCUT2D eigenvalue weighted by molar-refractivity contribution is -0.142. The third kappa shape index (κ3) is 2.03. The fraction of sp³-hybridized carbons (Fsp3) is 0.933. The smallest absolute Gasteiger partial charge is 0.226 e. The van der Waals surface area contributed by atoms with Gasteiger partial charge in [-0.15, -0.1) is 0 Å². The van der Waals surface area contributed by atoms with E-state index in [0.717, 1.165) is 19.3 Å². The maximum Gasteiger partial charge on any atom is 0.226 e. The number of piperidine rings is 1. The van der Waals surface area contributed by atoms with Crippen LogP contribution in [0.25, 0.3) is 0 Å². The minimum absolute atomic E-state index is 0.224. The molecular formula is C15H24BrNO. The number of carbonyl (C=O) groups is 1. The number of carbonyl (C=O) groups excluding carboxylic acids is 1. The number of hydrogen-bond acceptors (Lipinski definition) is 1. The van der Waals surface area contributed by atoms with Crippen LogP contribution >= 0.6 is 15.9 Å². The van der Waals surface area contributed by atoms with Crippen molar-refractivity contribution in [2.24, 2.45) is 11.3 Å². The molecule has 3 heteroatoms. The fourth-order valence-corrected chi connectivity index (χ4v) is 5.30. The molecule has 0 aromatic rings. The predicted molar refractivity (Wildman–Crippen MR) is 76.7 cm³/mol. The first-order valence-electron chi connectivity index (χ1n) is 7.45. The van der Waals surface area contributed by atoms with Crippen LogP contribution in [-0.4, -0.2) is 27.7 Å². The van der Waals surface area contributed by atoms with Crippen molar-refractivity contribution in [2.75, 3.05) is 0 Å². The molecule has 0 aromatic heterocycles. The van der Waals surface area contributed by atoms with E-state index in [0.29, 0.717) is 22.8 Å². The highest BCUT2D eigenvalue weighted by Gasteiger charge is 2.48. The molecule has 3 rings (SSSR count). The van der Waals surface area contributed by atoms with Crippen LogP contribution in [0, 0.1) is 11.3 Å². The molecule has 3 fully saturated rings. The third-order valence-electron chi connectivity index (χ3n) is 5.49. The Balaban J connectivity index is 1.77. The van der Waals surface area contributed by atoms with Gasteiger partial charge in [0.25, 0.3) is 0 Å². The molecule has 2 saturated heterocycles. The number of hydrogen-bond donors (Lipinski definition) is 0. The largest absolute Gasteiger partial charge is 0.336 e. The summed E-state index contributed by atoms with van der Waals surface area (Å²) in [5.41, 5.74) is 0.224. The van der Waals surface area contributed by atoms with E-state index in [2.05, 4.69) is 34.7 Å². The van der Waals surface area contributed by atoms with Gasteiger partial charge in [0.1, 0.15) is 0 Å². The standard InChI is InChI=1S/C15H24BrNO/c1-15(2)7-3-4-13(15)14(18)17-11-5-6-12(17)9-10(16)8-11/h10-13H,3-9H2,1-2H3. The molecule has 1 aliphatic carbocycles. The summed E-state index contributed by atoms with van der Waals surface area (Å²) >= 11 is 3.75. The zero-order valence-electron chi connectivity index (χ0n) is 11.5. The van der Waals surface area contributed by atoms with Gasteiger partial charge < -0.3 is 4.90 Å². The van der Waals surface area contributed by atoms with Crippen molar-refractivity contribution >= 4 is 21.8 Å². The first-order chi connectivity index (χ1) is 8.49. The van der Waals surface area contributed by atoms with Gasteiger partial charge in [-0.05, 0) is 43.9 Å². The summed E-state index contributed by atoms with van der Waals surface area (Å²) in [6, 6.07) is 1.05. The molecule has 102 valence electrons. The molecule has 0 spiro atoms. The van der Waals surface area contributed by atoms with E-state index in [4.69, 9.17) is 0 Å². The minimum atomic E-state index is 0.224. The molecule has 2 aliphatic heterocycles. The summed E-state index contributed by atoms with van der Waals surface area (Å²) in [5, 5.41) is 0. The van der Waals surface area contributed by atoms with Gasteiger partial charge in [0.2, 0.25) is 5.91 Å². The van der Waals surface area contributed by atoms with E-state index in [1.54, 1.807) is 0 Å². The van der Waals surface area contributed by atoms with Crippen molar-refractivity contribution in [1.29, 1.82) is 0 Å².